The Kier molecular flexibility index (Phi) is 4.99. The van der Waals surface area contributed by atoms with Crippen molar-refractivity contribution in [2.45, 2.75) is 20.3 Å². The second kappa shape index (κ2) is 5.51. The highest BCUT2D eigenvalue weighted by Crippen LogP contribution is 2.00. The van der Waals surface area contributed by atoms with Crippen molar-refractivity contribution < 1.29 is 14.5 Å². The van der Waals surface area contributed by atoms with Crippen LogP contribution in [0.15, 0.2) is 0 Å². The Morgan fingerprint density at radius 3 is 2.67 bits per heavy atom. The maximum Gasteiger partial charge on any atom is 0.378 e. The van der Waals surface area contributed by atoms with Crippen molar-refractivity contribution in [3.8, 4) is 0 Å². The molecule has 0 N–H and O–H groups in total. The van der Waals surface area contributed by atoms with E-state index in [1.54, 1.807) is 0 Å². The zero-order chi connectivity index (χ0) is 9.56. The quantitative estimate of drug-likeness (QED) is 0.353. The Morgan fingerprint density at radius 2 is 2.25 bits per heavy atom. The van der Waals surface area contributed by atoms with Gasteiger partial charge in [-0.05, 0) is 5.92 Å². The van der Waals surface area contributed by atoms with E-state index in [9.17, 15) is 14.9 Å². The smallest absolute Gasteiger partial charge is 0.378 e. The molecule has 5 nitrogen and oxygen atoms in total. The lowest BCUT2D eigenvalue weighted by atomic mass is 10.1. The van der Waals surface area contributed by atoms with Crippen molar-refractivity contribution in [3.05, 3.63) is 10.1 Å². The normalized spacial score (nSPS) is 12.2. The number of nitro groups is 1. The van der Waals surface area contributed by atoms with E-state index in [0.29, 0.717) is 0 Å². The van der Waals surface area contributed by atoms with Gasteiger partial charge in [0.05, 0.1) is 6.61 Å². The van der Waals surface area contributed by atoms with Gasteiger partial charge in [0.2, 0.25) is 0 Å². The number of carbonyl (C=O) groups excluding carboxylic acids is 1. The lowest BCUT2D eigenvalue weighted by Crippen LogP contribution is -2.19. The van der Waals surface area contributed by atoms with Crippen LogP contribution < -0.4 is 0 Å². The van der Waals surface area contributed by atoms with Crippen LogP contribution in [0.5, 0.6) is 0 Å². The molecule has 0 aliphatic heterocycles. The van der Waals surface area contributed by atoms with Gasteiger partial charge in [-0.1, -0.05) is 20.3 Å². The maximum absolute atomic E-state index is 10.6. The van der Waals surface area contributed by atoms with Crippen LogP contribution in [0.1, 0.15) is 20.3 Å². The summed E-state index contributed by atoms with van der Waals surface area (Å²) in [6.45, 7) is 3.41. The summed E-state index contributed by atoms with van der Waals surface area (Å²) in [7, 11) is 0. The van der Waals surface area contributed by atoms with Gasteiger partial charge < -0.3 is 4.74 Å². The summed E-state index contributed by atoms with van der Waals surface area (Å²) in [5.74, 6) is -0.499. The van der Waals surface area contributed by atoms with Gasteiger partial charge in [0.25, 0.3) is 6.54 Å². The van der Waals surface area contributed by atoms with Gasteiger partial charge in [0.1, 0.15) is 0 Å². The molecular formula is C7H13NO4. The van der Waals surface area contributed by atoms with Crippen molar-refractivity contribution in [1.29, 1.82) is 0 Å². The zero-order valence-corrected chi connectivity index (χ0v) is 7.28. The topological polar surface area (TPSA) is 69.4 Å². The van der Waals surface area contributed by atoms with Gasteiger partial charge in [-0.15, -0.1) is 0 Å². The number of esters is 1. The third-order valence-corrected chi connectivity index (χ3v) is 1.48. The first-order valence-electron chi connectivity index (χ1n) is 3.83. The minimum Gasteiger partial charge on any atom is -0.461 e. The second-order valence-corrected chi connectivity index (χ2v) is 2.69. The highest BCUT2D eigenvalue weighted by atomic mass is 16.6. The molecule has 5 heteroatoms. The molecule has 0 aliphatic carbocycles. The van der Waals surface area contributed by atoms with Crippen LogP contribution in [0.2, 0.25) is 0 Å². The largest absolute Gasteiger partial charge is 0.461 e. The molecule has 0 saturated heterocycles. The molecule has 0 bridgehead atoms. The third kappa shape index (κ3) is 5.64. The Hall–Kier alpha value is -1.13. The first-order valence-corrected chi connectivity index (χ1v) is 3.83. The SMILES string of the molecule is CCC(C)COC(=O)C[N+](=O)[O-]. The molecule has 1 atom stereocenters. The molecule has 0 aromatic rings. The monoisotopic (exact) mass is 175 g/mol. The van der Waals surface area contributed by atoms with Crippen molar-refractivity contribution in [2.75, 3.05) is 13.2 Å². The van der Waals surface area contributed by atoms with Gasteiger partial charge >= 0.3 is 5.97 Å². The lowest BCUT2D eigenvalue weighted by molar-refractivity contribution is -0.470. The van der Waals surface area contributed by atoms with Crippen LogP contribution in [-0.2, 0) is 9.53 Å². The number of hydrogen-bond donors (Lipinski definition) is 0. The third-order valence-electron chi connectivity index (χ3n) is 1.48. The van der Waals surface area contributed by atoms with Gasteiger partial charge in [-0.3, -0.25) is 10.1 Å². The van der Waals surface area contributed by atoms with E-state index in [4.69, 9.17) is 0 Å². The molecule has 0 spiro atoms. The molecule has 0 heterocycles. The summed E-state index contributed by atoms with van der Waals surface area (Å²) in [5.41, 5.74) is 0. The molecular weight excluding hydrogens is 162 g/mol. The van der Waals surface area contributed by atoms with E-state index in [1.165, 1.54) is 0 Å². The van der Waals surface area contributed by atoms with Crippen LogP contribution in [0.4, 0.5) is 0 Å². The fraction of sp³-hybridized carbons (Fsp3) is 0.857. The first kappa shape index (κ1) is 10.9. The summed E-state index contributed by atoms with van der Waals surface area (Å²) < 4.78 is 4.62. The van der Waals surface area contributed by atoms with Crippen LogP contribution in [-0.4, -0.2) is 24.0 Å². The molecule has 0 aromatic carbocycles. The van der Waals surface area contributed by atoms with E-state index < -0.39 is 17.4 Å². The summed E-state index contributed by atoms with van der Waals surface area (Å²) in [4.78, 5) is 19.7. The number of carbonyl (C=O) groups is 1. The maximum atomic E-state index is 10.6. The zero-order valence-electron chi connectivity index (χ0n) is 7.28. The van der Waals surface area contributed by atoms with Crippen molar-refractivity contribution >= 4 is 5.97 Å². The predicted octanol–water partition coefficient (Wildman–Crippen LogP) is 0.852. The van der Waals surface area contributed by atoms with Crippen LogP contribution in [0.25, 0.3) is 0 Å². The summed E-state index contributed by atoms with van der Waals surface area (Å²) in [5, 5.41) is 9.83. The number of nitrogens with zero attached hydrogens (tertiary/aromatic N) is 1. The minimum absolute atomic E-state index is 0.265. The average molecular weight is 175 g/mol. The molecule has 12 heavy (non-hydrogen) atoms. The molecule has 0 aromatic heterocycles. The van der Waals surface area contributed by atoms with Crippen molar-refractivity contribution in [2.24, 2.45) is 5.92 Å². The Morgan fingerprint density at radius 1 is 1.67 bits per heavy atom. The van der Waals surface area contributed by atoms with Crippen molar-refractivity contribution in [3.63, 3.8) is 0 Å². The Bertz CT molecular complexity index is 169. The van der Waals surface area contributed by atoms with Gasteiger partial charge in [-0.25, -0.2) is 4.79 Å². The molecule has 70 valence electrons. The lowest BCUT2D eigenvalue weighted by Gasteiger charge is -2.07. The Labute approximate surface area is 70.9 Å². The number of hydrogen-bond acceptors (Lipinski definition) is 4. The molecule has 0 radical (unpaired) electrons. The predicted molar refractivity (Wildman–Crippen MR) is 42.3 cm³/mol. The van der Waals surface area contributed by atoms with Gasteiger partial charge in [0, 0.05) is 4.92 Å². The minimum atomic E-state index is -0.764. The first-order chi connectivity index (χ1) is 5.56. The van der Waals surface area contributed by atoms with Crippen LogP contribution >= 0.6 is 0 Å². The van der Waals surface area contributed by atoms with E-state index in [-0.39, 0.29) is 12.5 Å². The van der Waals surface area contributed by atoms with E-state index in [0.717, 1.165) is 6.42 Å². The standard InChI is InChI=1S/C7H13NO4/c1-3-6(2)5-12-7(9)4-8(10)11/h6H,3-5H2,1-2H3. The van der Waals surface area contributed by atoms with Gasteiger partial charge in [-0.2, -0.15) is 0 Å². The molecule has 1 unspecified atom stereocenters. The van der Waals surface area contributed by atoms with Crippen molar-refractivity contribution in [1.82, 2.24) is 0 Å². The van der Waals surface area contributed by atoms with E-state index in [2.05, 4.69) is 4.74 Å². The van der Waals surface area contributed by atoms with Crippen LogP contribution in [0, 0.1) is 16.0 Å². The van der Waals surface area contributed by atoms with E-state index >= 15 is 0 Å². The van der Waals surface area contributed by atoms with Crippen LogP contribution in [0.3, 0.4) is 0 Å². The molecule has 0 saturated carbocycles. The summed E-state index contributed by atoms with van der Waals surface area (Å²) in [6.07, 6.45) is 0.895. The average Bonchev–Trinajstić information content (AvgIpc) is 1.99. The highest BCUT2D eigenvalue weighted by Gasteiger charge is 2.11. The molecule has 0 aliphatic rings. The molecule has 0 rings (SSSR count). The second-order valence-electron chi connectivity index (χ2n) is 2.69. The van der Waals surface area contributed by atoms with Gasteiger partial charge in [0.15, 0.2) is 0 Å². The number of ether oxygens (including phenoxy) is 1. The highest BCUT2D eigenvalue weighted by molar-refractivity contribution is 5.70. The summed E-state index contributed by atoms with van der Waals surface area (Å²) >= 11 is 0. The fourth-order valence-corrected chi connectivity index (χ4v) is 0.504. The fourth-order valence-electron chi connectivity index (χ4n) is 0.504. The van der Waals surface area contributed by atoms with E-state index in [1.807, 2.05) is 13.8 Å². The summed E-state index contributed by atoms with van der Waals surface area (Å²) in [6, 6.07) is 0. The molecule has 0 fully saturated rings. The number of rotatable bonds is 5. The Balaban J connectivity index is 3.50. The molecule has 0 amide bonds.